The van der Waals surface area contributed by atoms with Crippen molar-refractivity contribution in [1.29, 1.82) is 0 Å². The van der Waals surface area contributed by atoms with Gasteiger partial charge in [0.2, 0.25) is 0 Å². The quantitative estimate of drug-likeness (QED) is 0.0465. The molecule has 6 aromatic carbocycles. The molecule has 0 aliphatic heterocycles. The second-order valence-electron chi connectivity index (χ2n) is 29.2. The van der Waals surface area contributed by atoms with Crippen LogP contribution in [0.1, 0.15) is 173 Å². The highest BCUT2D eigenvalue weighted by Crippen LogP contribution is 2.14. The monoisotopic (exact) mass is 1590 g/mol. The van der Waals surface area contributed by atoms with Crippen LogP contribution in [0.2, 0.25) is 0 Å². The van der Waals surface area contributed by atoms with Crippen LogP contribution in [0.4, 0.5) is 0 Å². The zero-order valence-electron chi connectivity index (χ0n) is 69.7. The van der Waals surface area contributed by atoms with Gasteiger partial charge < -0.3 is 0 Å². The third kappa shape index (κ3) is 28.1. The highest BCUT2D eigenvalue weighted by atomic mass is 16.2. The van der Waals surface area contributed by atoms with E-state index >= 15 is 0 Å². The lowest BCUT2D eigenvalue weighted by molar-refractivity contribution is 0.638. The number of aromatic amines is 4. The molecule has 4 N–H and O–H groups in total. The molecule has 6 heterocycles. The molecule has 0 amide bonds. The number of hydrogen-bond acceptors (Lipinski definition) is 12. The predicted octanol–water partition coefficient (Wildman–Crippen LogP) is 11.8. The fraction of sp³-hybridized carbons (Fsp3) is 0.312. The number of benzene rings is 6. The molecule has 12 aromatic rings. The first-order valence-electron chi connectivity index (χ1n) is 39.4. The molecule has 0 saturated heterocycles. The molecule has 12 rings (SSSR count). The van der Waals surface area contributed by atoms with Crippen LogP contribution in [0.5, 0.6) is 0 Å². The first kappa shape index (κ1) is 91.1. The summed E-state index contributed by atoms with van der Waals surface area (Å²) < 4.78 is 11.5. The van der Waals surface area contributed by atoms with Gasteiger partial charge in [0, 0.05) is 84.7 Å². The van der Waals surface area contributed by atoms with E-state index in [2.05, 4.69) is 96.2 Å². The summed E-state index contributed by atoms with van der Waals surface area (Å²) in [5.74, 6) is 0. The summed E-state index contributed by atoms with van der Waals surface area (Å²) in [7, 11) is 3.01. The summed E-state index contributed by atoms with van der Waals surface area (Å²) in [6.07, 6.45) is 27.9. The van der Waals surface area contributed by atoms with Crippen molar-refractivity contribution in [3.63, 3.8) is 0 Å². The van der Waals surface area contributed by atoms with Crippen molar-refractivity contribution in [2.24, 2.45) is 14.1 Å². The van der Waals surface area contributed by atoms with Crippen molar-refractivity contribution < 1.29 is 0 Å². The van der Waals surface area contributed by atoms with Gasteiger partial charge in [0.1, 0.15) is 0 Å². The van der Waals surface area contributed by atoms with Crippen molar-refractivity contribution in [2.45, 2.75) is 180 Å². The number of aryl methyl sites for hydroxylation is 10. The van der Waals surface area contributed by atoms with E-state index < -0.39 is 0 Å². The van der Waals surface area contributed by atoms with Crippen LogP contribution in [-0.4, -0.2) is 56.5 Å². The maximum absolute atomic E-state index is 12.1. The Balaban J connectivity index is 0.000000194. The summed E-state index contributed by atoms with van der Waals surface area (Å²) in [6, 6.07) is 48.8. The number of nitrogens with one attached hydrogen (secondary N) is 4. The highest BCUT2D eigenvalue weighted by Gasteiger charge is 2.11. The Labute approximate surface area is 679 Å². The van der Waals surface area contributed by atoms with E-state index in [0.29, 0.717) is 72.6 Å². The van der Waals surface area contributed by atoms with Crippen LogP contribution >= 0.6 is 0 Å². The molecule has 0 aliphatic rings. The number of H-pyrrole nitrogens is 4. The Bertz CT molecular complexity index is 6000. The first-order valence-corrected chi connectivity index (χ1v) is 39.4. The molecule has 0 spiro atoms. The van der Waals surface area contributed by atoms with Crippen molar-refractivity contribution in [1.82, 2.24) is 56.5 Å². The van der Waals surface area contributed by atoms with Crippen LogP contribution in [0.15, 0.2) is 252 Å². The summed E-state index contributed by atoms with van der Waals surface area (Å²) in [5.41, 5.74) is 13.1. The van der Waals surface area contributed by atoms with Gasteiger partial charge in [-0.05, 0) is 155 Å². The third-order valence-electron chi connectivity index (χ3n) is 19.2. The Morgan fingerprint density at radius 1 is 0.291 bits per heavy atom. The largest absolute Gasteiger partial charge is 0.331 e. The maximum Gasteiger partial charge on any atom is 0.331 e. The van der Waals surface area contributed by atoms with Crippen LogP contribution in [-0.2, 0) is 72.6 Å². The molecule has 0 unspecified atom stereocenters. The third-order valence-corrected chi connectivity index (χ3v) is 19.2. The fourth-order valence-electron chi connectivity index (χ4n) is 12.2. The number of aromatic nitrogens is 12. The van der Waals surface area contributed by atoms with Crippen LogP contribution in [0, 0.1) is 48.5 Å². The van der Waals surface area contributed by atoms with E-state index in [9.17, 15) is 57.5 Å². The number of rotatable bonds is 23. The van der Waals surface area contributed by atoms with Crippen molar-refractivity contribution >= 4 is 12.2 Å². The van der Waals surface area contributed by atoms with Gasteiger partial charge >= 0.3 is 34.1 Å². The molecule has 0 fully saturated rings. The standard InChI is InChI=1S/C17H20N2O2.2C16H20N2O2.C15H18N2O2.C15H16N2O2.C14H16N2O2/c1-4-5-6-14-7-9-15(10-8-14)12-19-11-13(2)16(20)18(3)17(19)21;2*1-3-4-5-13-6-8-14(9-7-13)11-18-10-12(2)15(19)17-16(18)20;2*1-3-4-12-5-7-13(8-6-12)10-17-9-11(2)14(18)16-15(17)19;1-10-4-6-12(7-5-10)9-16-8-11(2)13(17)15(3)14(16)18/h5-11H,4,12H2,1-3H3;2*6-10H,3-5,11H2,1-2H3,(H,17,19,20);5-9H,3-4,10H2,1-2H3,(H,16,18,19);3-9H,10H2,1-2H3,(H,16,18,19);4-8H,9H2,1-3H3/b6-5+;;;;4-3+;. The SMILES string of the molecule is C/C=C/c1ccc(Cn2cc(C)c(=O)[nH]c2=O)cc1.CC/C=C/c1ccc(Cn2cc(C)c(=O)n(C)c2=O)cc1.CCCCc1ccc(Cn2cc(C)c(=O)[nH]c2=O)cc1.CCCCc1ccc(Cn2cc(C)c(=O)[nH]c2=O)cc1.CCCc1ccc(Cn2cc(C)c(=O)[nH]c2=O)cc1.Cc1ccc(Cn2cc(C)c(=O)n(C)c2=O)cc1. The van der Waals surface area contributed by atoms with Gasteiger partial charge in [0.15, 0.2) is 0 Å². The average molecular weight is 1590 g/mol. The van der Waals surface area contributed by atoms with Crippen molar-refractivity contribution in [3.05, 3.63) is 420 Å². The molecule has 0 atom stereocenters. The fourth-order valence-corrected chi connectivity index (χ4v) is 12.2. The Morgan fingerprint density at radius 3 is 0.812 bits per heavy atom. The molecule has 614 valence electrons. The summed E-state index contributed by atoms with van der Waals surface area (Å²) in [4.78, 5) is 149. The minimum atomic E-state index is -0.381. The molecule has 0 bridgehead atoms. The number of allylic oxidation sites excluding steroid dienone is 2. The molecule has 24 heteroatoms. The summed E-state index contributed by atoms with van der Waals surface area (Å²) >= 11 is 0. The second-order valence-corrected chi connectivity index (χ2v) is 29.2. The van der Waals surface area contributed by atoms with Crippen LogP contribution in [0.3, 0.4) is 0 Å². The van der Waals surface area contributed by atoms with E-state index in [1.807, 2.05) is 135 Å². The molecule has 0 saturated carbocycles. The molecular weight excluding hydrogens is 1480 g/mol. The van der Waals surface area contributed by atoms with Crippen molar-refractivity contribution in [2.75, 3.05) is 0 Å². The molecule has 0 radical (unpaired) electrons. The number of nitrogens with zero attached hydrogens (tertiary/aromatic N) is 8. The molecule has 0 aliphatic carbocycles. The molecular formula is C93H110N12O12. The lowest BCUT2D eigenvalue weighted by Gasteiger charge is -2.09. The topological polar surface area (TPSA) is 307 Å². The molecule has 117 heavy (non-hydrogen) atoms. The zero-order valence-corrected chi connectivity index (χ0v) is 69.7. The summed E-state index contributed by atoms with van der Waals surface area (Å²) in [5, 5.41) is 0. The van der Waals surface area contributed by atoms with Gasteiger partial charge in [-0.2, -0.15) is 0 Å². The Kier molecular flexibility index (Phi) is 35.1. The minimum absolute atomic E-state index is 0.236. The smallest absolute Gasteiger partial charge is 0.296 e. The Hall–Kier alpha value is -13.1. The van der Waals surface area contributed by atoms with Gasteiger partial charge in [-0.3, -0.25) is 85.2 Å². The lowest BCUT2D eigenvalue weighted by Crippen LogP contribution is -2.38. The molecule has 24 nitrogen and oxygen atoms in total. The minimum Gasteiger partial charge on any atom is -0.296 e. The van der Waals surface area contributed by atoms with Crippen LogP contribution < -0.4 is 67.5 Å². The van der Waals surface area contributed by atoms with Gasteiger partial charge in [0.05, 0.1) is 39.3 Å². The first-order chi connectivity index (χ1) is 55.9. The normalized spacial score (nSPS) is 10.8. The second kappa shape index (κ2) is 45.1. The van der Waals surface area contributed by atoms with E-state index in [-0.39, 0.29) is 67.5 Å². The van der Waals surface area contributed by atoms with E-state index in [1.54, 1.807) is 87.9 Å². The van der Waals surface area contributed by atoms with Gasteiger partial charge in [-0.1, -0.05) is 222 Å². The highest BCUT2D eigenvalue weighted by molar-refractivity contribution is 5.50. The van der Waals surface area contributed by atoms with Crippen molar-refractivity contribution in [3.8, 4) is 0 Å². The lowest BCUT2D eigenvalue weighted by atomic mass is 10.1. The number of unbranched alkanes of at least 4 members (excludes halogenated alkanes) is 2. The molecule has 6 aromatic heterocycles. The Morgan fingerprint density at radius 2 is 0.538 bits per heavy atom. The van der Waals surface area contributed by atoms with Gasteiger partial charge in [-0.15, -0.1) is 0 Å². The van der Waals surface area contributed by atoms with Gasteiger partial charge in [0.25, 0.3) is 33.4 Å². The van der Waals surface area contributed by atoms with Gasteiger partial charge in [-0.25, -0.2) is 28.8 Å². The van der Waals surface area contributed by atoms with E-state index in [4.69, 9.17) is 0 Å². The maximum atomic E-state index is 12.1. The average Bonchev–Trinajstić information content (AvgIpc) is 0.815. The zero-order chi connectivity index (χ0) is 85.4. The number of hydrogen-bond donors (Lipinski definition) is 4. The summed E-state index contributed by atoms with van der Waals surface area (Å²) in [6.45, 7) is 25.6. The van der Waals surface area contributed by atoms with Crippen LogP contribution in [0.25, 0.3) is 12.2 Å². The predicted molar refractivity (Wildman–Crippen MR) is 469 cm³/mol. The van der Waals surface area contributed by atoms with E-state index in [0.717, 1.165) is 85.7 Å². The van der Waals surface area contributed by atoms with E-state index in [1.165, 1.54) is 80.3 Å².